The first-order chi connectivity index (χ1) is 13.6. The number of ether oxygens (including phenoxy) is 1. The molecule has 162 valence electrons. The van der Waals surface area contributed by atoms with Crippen LogP contribution in [0.1, 0.15) is 38.7 Å². The van der Waals surface area contributed by atoms with Crippen LogP contribution >= 0.6 is 7.37 Å². The van der Waals surface area contributed by atoms with Gasteiger partial charge < -0.3 is 25.2 Å². The maximum Gasteiger partial charge on any atom is 0.408 e. The SMILES string of the molecule is CC[C@H](C)[C@@H](NC(=O)OCc1ccccc1)P(=O)(O)C[C@H](CCC(=O)O)C(=O)O. The molecule has 0 spiro atoms. The van der Waals surface area contributed by atoms with E-state index < -0.39 is 55.6 Å². The molecular formula is C19H28NO8P. The van der Waals surface area contributed by atoms with E-state index in [0.29, 0.717) is 6.42 Å². The van der Waals surface area contributed by atoms with Gasteiger partial charge in [0.25, 0.3) is 0 Å². The van der Waals surface area contributed by atoms with Gasteiger partial charge in [-0.25, -0.2) is 4.79 Å². The molecular weight excluding hydrogens is 401 g/mol. The van der Waals surface area contributed by atoms with Gasteiger partial charge in [0.05, 0.1) is 5.92 Å². The Morgan fingerprint density at radius 1 is 1.17 bits per heavy atom. The Morgan fingerprint density at radius 2 is 1.79 bits per heavy atom. The zero-order chi connectivity index (χ0) is 22.0. The van der Waals surface area contributed by atoms with Gasteiger partial charge in [0.2, 0.25) is 7.37 Å². The molecule has 0 fully saturated rings. The second-order valence-electron chi connectivity index (χ2n) is 6.94. The molecule has 29 heavy (non-hydrogen) atoms. The fraction of sp³-hybridized carbons (Fsp3) is 0.526. The summed E-state index contributed by atoms with van der Waals surface area (Å²) in [4.78, 5) is 44.9. The van der Waals surface area contributed by atoms with Gasteiger partial charge in [0.15, 0.2) is 0 Å². The van der Waals surface area contributed by atoms with E-state index in [0.717, 1.165) is 5.56 Å². The Bertz CT molecular complexity index is 739. The summed E-state index contributed by atoms with van der Waals surface area (Å²) in [7, 11) is -4.18. The first kappa shape index (κ1) is 24.7. The van der Waals surface area contributed by atoms with Crippen LogP contribution in [0.2, 0.25) is 0 Å². The quantitative estimate of drug-likeness (QED) is 0.370. The first-order valence-electron chi connectivity index (χ1n) is 9.30. The highest BCUT2D eigenvalue weighted by Crippen LogP contribution is 2.50. The van der Waals surface area contributed by atoms with E-state index in [1.165, 1.54) is 0 Å². The lowest BCUT2D eigenvalue weighted by atomic mass is 10.1. The Morgan fingerprint density at radius 3 is 2.31 bits per heavy atom. The molecule has 0 saturated heterocycles. The molecule has 1 amide bonds. The number of hydrogen-bond acceptors (Lipinski definition) is 5. The van der Waals surface area contributed by atoms with E-state index in [4.69, 9.17) is 9.84 Å². The molecule has 0 aliphatic heterocycles. The van der Waals surface area contributed by atoms with Crippen LogP contribution in [0.3, 0.4) is 0 Å². The number of hydrogen-bond donors (Lipinski definition) is 4. The summed E-state index contributed by atoms with van der Waals surface area (Å²) >= 11 is 0. The van der Waals surface area contributed by atoms with Gasteiger partial charge in [-0.2, -0.15) is 0 Å². The molecule has 1 aromatic carbocycles. The van der Waals surface area contributed by atoms with Crippen molar-refractivity contribution in [3.63, 3.8) is 0 Å². The number of carboxylic acid groups (broad SMARTS) is 2. The highest BCUT2D eigenvalue weighted by atomic mass is 31.2. The smallest absolute Gasteiger partial charge is 0.408 e. The highest BCUT2D eigenvalue weighted by molar-refractivity contribution is 7.58. The monoisotopic (exact) mass is 429 g/mol. The molecule has 1 rings (SSSR count). The van der Waals surface area contributed by atoms with Crippen LogP contribution in [0.4, 0.5) is 4.79 Å². The second-order valence-corrected chi connectivity index (χ2v) is 9.37. The van der Waals surface area contributed by atoms with Gasteiger partial charge in [-0.3, -0.25) is 14.2 Å². The van der Waals surface area contributed by atoms with Gasteiger partial charge in [-0.1, -0.05) is 50.6 Å². The van der Waals surface area contributed by atoms with E-state index in [2.05, 4.69) is 5.32 Å². The molecule has 0 aromatic heterocycles. The number of carboxylic acids is 2. The predicted molar refractivity (Wildman–Crippen MR) is 106 cm³/mol. The molecule has 1 unspecified atom stereocenters. The van der Waals surface area contributed by atoms with Crippen molar-refractivity contribution in [3.05, 3.63) is 35.9 Å². The van der Waals surface area contributed by atoms with Crippen LogP contribution in [0.5, 0.6) is 0 Å². The predicted octanol–water partition coefficient (Wildman–Crippen LogP) is 3.12. The van der Waals surface area contributed by atoms with E-state index >= 15 is 0 Å². The van der Waals surface area contributed by atoms with Crippen molar-refractivity contribution in [1.82, 2.24) is 5.32 Å². The van der Waals surface area contributed by atoms with Crippen molar-refractivity contribution in [2.75, 3.05) is 6.16 Å². The van der Waals surface area contributed by atoms with Crippen molar-refractivity contribution < 1.29 is 38.8 Å². The van der Waals surface area contributed by atoms with Gasteiger partial charge in [0, 0.05) is 12.6 Å². The van der Waals surface area contributed by atoms with E-state index in [9.17, 15) is 28.9 Å². The Labute approximate surface area is 169 Å². The summed E-state index contributed by atoms with van der Waals surface area (Å²) in [5, 5.41) is 20.4. The number of alkyl carbamates (subject to hydrolysis) is 1. The van der Waals surface area contributed by atoms with Gasteiger partial charge >= 0.3 is 18.0 Å². The van der Waals surface area contributed by atoms with Crippen LogP contribution in [0.25, 0.3) is 0 Å². The topological polar surface area (TPSA) is 150 Å². The normalized spacial score (nSPS) is 16.1. The minimum Gasteiger partial charge on any atom is -0.481 e. The maximum absolute atomic E-state index is 13.0. The third-order valence-corrected chi connectivity index (χ3v) is 7.11. The number of nitrogens with one attached hydrogen (secondary N) is 1. The maximum atomic E-state index is 13.0. The highest BCUT2D eigenvalue weighted by Gasteiger charge is 2.40. The van der Waals surface area contributed by atoms with Crippen molar-refractivity contribution in [1.29, 1.82) is 0 Å². The van der Waals surface area contributed by atoms with Gasteiger partial charge in [-0.15, -0.1) is 0 Å². The minimum absolute atomic E-state index is 0.0218. The average molecular weight is 429 g/mol. The van der Waals surface area contributed by atoms with E-state index in [1.54, 1.807) is 38.1 Å². The van der Waals surface area contributed by atoms with Crippen LogP contribution in [-0.2, 0) is 25.5 Å². The zero-order valence-electron chi connectivity index (χ0n) is 16.5. The molecule has 0 heterocycles. The summed E-state index contributed by atoms with van der Waals surface area (Å²) in [6.45, 7) is 3.41. The van der Waals surface area contributed by atoms with E-state index in [-0.39, 0.29) is 13.0 Å². The lowest BCUT2D eigenvalue weighted by molar-refractivity contribution is -0.142. The number of amides is 1. The standard InChI is InChI=1S/C19H28NO8P/c1-3-13(2)17(20-19(25)28-11-14-7-5-4-6-8-14)29(26,27)12-15(18(23)24)9-10-16(21)22/h4-8,13,15,17H,3,9-12H2,1-2H3,(H,20,25)(H,21,22)(H,23,24)(H,26,27)/t13-,15-,17-/m0/s1. The fourth-order valence-corrected chi connectivity index (χ4v) is 5.28. The number of carbonyl (C=O) groups excluding carboxylic acids is 1. The van der Waals surface area contributed by atoms with Crippen molar-refractivity contribution >= 4 is 25.4 Å². The van der Waals surface area contributed by atoms with Crippen LogP contribution in [0.15, 0.2) is 30.3 Å². The Kier molecular flexibility index (Phi) is 9.85. The molecule has 9 nitrogen and oxygen atoms in total. The van der Waals surface area contributed by atoms with Crippen molar-refractivity contribution in [2.45, 2.75) is 45.5 Å². The van der Waals surface area contributed by atoms with Gasteiger partial charge in [0.1, 0.15) is 12.4 Å². The molecule has 0 saturated carbocycles. The molecule has 0 aliphatic rings. The summed E-state index contributed by atoms with van der Waals surface area (Å²) < 4.78 is 18.1. The van der Waals surface area contributed by atoms with Crippen LogP contribution < -0.4 is 5.32 Å². The molecule has 0 aliphatic carbocycles. The Balaban J connectivity index is 2.84. The average Bonchev–Trinajstić information content (AvgIpc) is 2.67. The minimum atomic E-state index is -4.18. The summed E-state index contributed by atoms with van der Waals surface area (Å²) in [6.07, 6.45) is -1.77. The lowest BCUT2D eigenvalue weighted by Gasteiger charge is -2.30. The number of benzene rings is 1. The van der Waals surface area contributed by atoms with Crippen LogP contribution in [0, 0.1) is 11.8 Å². The van der Waals surface area contributed by atoms with Crippen LogP contribution in [-0.4, -0.2) is 45.1 Å². The number of aliphatic carboxylic acids is 2. The lowest BCUT2D eigenvalue weighted by Crippen LogP contribution is -2.41. The number of rotatable bonds is 12. The zero-order valence-corrected chi connectivity index (χ0v) is 17.4. The molecule has 0 bridgehead atoms. The summed E-state index contributed by atoms with van der Waals surface area (Å²) in [5.74, 6) is -5.48. The largest absolute Gasteiger partial charge is 0.481 e. The van der Waals surface area contributed by atoms with Crippen molar-refractivity contribution in [2.24, 2.45) is 11.8 Å². The third-order valence-electron chi connectivity index (χ3n) is 4.63. The van der Waals surface area contributed by atoms with E-state index in [1.807, 2.05) is 6.07 Å². The second kappa shape index (κ2) is 11.6. The third kappa shape index (κ3) is 8.66. The van der Waals surface area contributed by atoms with Crippen molar-refractivity contribution in [3.8, 4) is 0 Å². The first-order valence-corrected chi connectivity index (χ1v) is 11.2. The Hall–Kier alpha value is -2.38. The molecule has 0 radical (unpaired) electrons. The molecule has 4 atom stereocenters. The number of carbonyl (C=O) groups is 3. The summed E-state index contributed by atoms with van der Waals surface area (Å²) in [5.41, 5.74) is 0.745. The molecule has 1 aromatic rings. The fourth-order valence-electron chi connectivity index (χ4n) is 2.77. The summed E-state index contributed by atoms with van der Waals surface area (Å²) in [6, 6.07) is 8.90. The molecule has 10 heteroatoms. The van der Waals surface area contributed by atoms with Gasteiger partial charge in [-0.05, 0) is 17.9 Å². The molecule has 4 N–H and O–H groups in total.